The van der Waals surface area contributed by atoms with Gasteiger partial charge in [0.1, 0.15) is 11.6 Å². The van der Waals surface area contributed by atoms with E-state index < -0.39 is 11.6 Å². The summed E-state index contributed by atoms with van der Waals surface area (Å²) in [5.41, 5.74) is 4.17. The zero-order valence-electron chi connectivity index (χ0n) is 9.26. The molecule has 1 aromatic carbocycles. The molecule has 0 saturated heterocycles. The molecule has 0 amide bonds. The van der Waals surface area contributed by atoms with E-state index in [1.807, 2.05) is 6.92 Å². The SMILES string of the molecule is C=C(C)CC(Cc1cc(F)cc(F)c1)NN. The molecule has 0 spiro atoms. The summed E-state index contributed by atoms with van der Waals surface area (Å²) in [6.45, 7) is 5.66. The van der Waals surface area contributed by atoms with Crippen molar-refractivity contribution in [3.63, 3.8) is 0 Å². The summed E-state index contributed by atoms with van der Waals surface area (Å²) in [5.74, 6) is 4.23. The number of hydrazine groups is 1. The average Bonchev–Trinajstić information content (AvgIpc) is 2.14. The maximum Gasteiger partial charge on any atom is 0.126 e. The smallest absolute Gasteiger partial charge is 0.126 e. The predicted molar refractivity (Wildman–Crippen MR) is 60.6 cm³/mol. The van der Waals surface area contributed by atoms with Crippen LogP contribution in [-0.4, -0.2) is 6.04 Å². The number of nitrogens with one attached hydrogen (secondary N) is 1. The zero-order valence-corrected chi connectivity index (χ0v) is 9.26. The minimum atomic E-state index is -0.568. The Labute approximate surface area is 94.1 Å². The van der Waals surface area contributed by atoms with Gasteiger partial charge in [0.15, 0.2) is 0 Å². The first-order valence-corrected chi connectivity index (χ1v) is 5.06. The highest BCUT2D eigenvalue weighted by Crippen LogP contribution is 2.12. The fourth-order valence-electron chi connectivity index (χ4n) is 1.62. The van der Waals surface area contributed by atoms with E-state index in [-0.39, 0.29) is 6.04 Å². The van der Waals surface area contributed by atoms with Gasteiger partial charge >= 0.3 is 0 Å². The molecule has 1 atom stereocenters. The monoisotopic (exact) mass is 226 g/mol. The number of rotatable bonds is 5. The van der Waals surface area contributed by atoms with Crippen LogP contribution in [0, 0.1) is 11.6 Å². The average molecular weight is 226 g/mol. The fraction of sp³-hybridized carbons (Fsp3) is 0.333. The molecule has 3 N–H and O–H groups in total. The van der Waals surface area contributed by atoms with Crippen LogP contribution < -0.4 is 11.3 Å². The largest absolute Gasteiger partial charge is 0.271 e. The van der Waals surface area contributed by atoms with Crippen molar-refractivity contribution in [1.29, 1.82) is 0 Å². The van der Waals surface area contributed by atoms with Gasteiger partial charge in [0.05, 0.1) is 0 Å². The Balaban J connectivity index is 2.73. The summed E-state index contributed by atoms with van der Waals surface area (Å²) in [5, 5.41) is 0. The van der Waals surface area contributed by atoms with Gasteiger partial charge in [-0.1, -0.05) is 5.57 Å². The van der Waals surface area contributed by atoms with Crippen LogP contribution in [0.2, 0.25) is 0 Å². The zero-order chi connectivity index (χ0) is 12.1. The van der Waals surface area contributed by atoms with E-state index in [9.17, 15) is 8.78 Å². The minimum Gasteiger partial charge on any atom is -0.271 e. The van der Waals surface area contributed by atoms with Crippen molar-refractivity contribution in [1.82, 2.24) is 5.43 Å². The van der Waals surface area contributed by atoms with Crippen LogP contribution in [0.4, 0.5) is 8.78 Å². The summed E-state index contributed by atoms with van der Waals surface area (Å²) in [6, 6.07) is 3.42. The normalized spacial score (nSPS) is 12.5. The molecule has 0 aliphatic heterocycles. The van der Waals surface area contributed by atoms with E-state index in [4.69, 9.17) is 5.84 Å². The second kappa shape index (κ2) is 5.72. The van der Waals surface area contributed by atoms with E-state index in [1.165, 1.54) is 12.1 Å². The third-order valence-corrected chi connectivity index (χ3v) is 2.24. The van der Waals surface area contributed by atoms with Crippen LogP contribution in [0.25, 0.3) is 0 Å². The van der Waals surface area contributed by atoms with Gasteiger partial charge in [-0.05, 0) is 37.5 Å². The molecule has 0 aliphatic rings. The Kier molecular flexibility index (Phi) is 4.58. The first-order chi connectivity index (χ1) is 7.51. The van der Waals surface area contributed by atoms with E-state index >= 15 is 0 Å². The van der Waals surface area contributed by atoms with Crippen molar-refractivity contribution in [3.8, 4) is 0 Å². The maximum absolute atomic E-state index is 12.9. The van der Waals surface area contributed by atoms with E-state index in [1.54, 1.807) is 0 Å². The van der Waals surface area contributed by atoms with Crippen LogP contribution in [0.5, 0.6) is 0 Å². The van der Waals surface area contributed by atoms with Crippen LogP contribution in [0.1, 0.15) is 18.9 Å². The lowest BCUT2D eigenvalue weighted by Gasteiger charge is -2.15. The van der Waals surface area contributed by atoms with Crippen LogP contribution in [-0.2, 0) is 6.42 Å². The number of nitrogens with two attached hydrogens (primary N) is 1. The van der Waals surface area contributed by atoms with E-state index in [0.717, 1.165) is 11.6 Å². The predicted octanol–water partition coefficient (Wildman–Crippen LogP) is 2.31. The van der Waals surface area contributed by atoms with Crippen molar-refractivity contribution in [2.75, 3.05) is 0 Å². The summed E-state index contributed by atoms with van der Waals surface area (Å²) >= 11 is 0. The van der Waals surface area contributed by atoms with Crippen molar-refractivity contribution in [2.24, 2.45) is 5.84 Å². The molecule has 4 heteroatoms. The van der Waals surface area contributed by atoms with Crippen LogP contribution in [0.3, 0.4) is 0 Å². The molecule has 88 valence electrons. The molecule has 0 fully saturated rings. The van der Waals surface area contributed by atoms with Crippen molar-refractivity contribution in [2.45, 2.75) is 25.8 Å². The van der Waals surface area contributed by atoms with Gasteiger partial charge in [-0.2, -0.15) is 0 Å². The molecular formula is C12H16F2N2. The molecule has 0 aromatic heterocycles. The second-order valence-corrected chi connectivity index (χ2v) is 4.01. The Hall–Kier alpha value is -1.26. The highest BCUT2D eigenvalue weighted by molar-refractivity contribution is 5.19. The molecule has 16 heavy (non-hydrogen) atoms. The van der Waals surface area contributed by atoms with Gasteiger partial charge in [0.25, 0.3) is 0 Å². The van der Waals surface area contributed by atoms with Gasteiger partial charge < -0.3 is 0 Å². The first kappa shape index (κ1) is 12.8. The Bertz CT molecular complexity index is 357. The van der Waals surface area contributed by atoms with Crippen LogP contribution in [0.15, 0.2) is 30.4 Å². The van der Waals surface area contributed by atoms with Gasteiger partial charge in [0, 0.05) is 12.1 Å². The Morgan fingerprint density at radius 3 is 2.38 bits per heavy atom. The molecule has 0 radical (unpaired) electrons. The second-order valence-electron chi connectivity index (χ2n) is 4.01. The topological polar surface area (TPSA) is 38.0 Å². The third kappa shape index (κ3) is 4.08. The summed E-state index contributed by atoms with van der Waals surface area (Å²) in [6.07, 6.45) is 1.15. The van der Waals surface area contributed by atoms with E-state index in [0.29, 0.717) is 18.4 Å². The quantitative estimate of drug-likeness (QED) is 0.459. The number of hydrogen-bond donors (Lipinski definition) is 2. The molecule has 0 bridgehead atoms. The molecule has 0 heterocycles. The third-order valence-electron chi connectivity index (χ3n) is 2.24. The maximum atomic E-state index is 12.9. The summed E-state index contributed by atoms with van der Waals surface area (Å²) in [7, 11) is 0. The molecule has 1 aromatic rings. The molecule has 0 saturated carbocycles. The molecule has 1 rings (SSSR count). The van der Waals surface area contributed by atoms with Crippen molar-refractivity contribution < 1.29 is 8.78 Å². The summed E-state index contributed by atoms with van der Waals surface area (Å²) < 4.78 is 25.9. The standard InChI is InChI=1S/C12H16F2N2/c1-8(2)3-12(16-15)6-9-4-10(13)7-11(14)5-9/h4-5,7,12,16H,1,3,6,15H2,2H3. The van der Waals surface area contributed by atoms with Crippen molar-refractivity contribution >= 4 is 0 Å². The fourth-order valence-corrected chi connectivity index (χ4v) is 1.62. The van der Waals surface area contributed by atoms with E-state index in [2.05, 4.69) is 12.0 Å². The Morgan fingerprint density at radius 2 is 1.94 bits per heavy atom. The lowest BCUT2D eigenvalue weighted by Crippen LogP contribution is -2.36. The minimum absolute atomic E-state index is 0.0568. The highest BCUT2D eigenvalue weighted by Gasteiger charge is 2.09. The molecule has 2 nitrogen and oxygen atoms in total. The molecular weight excluding hydrogens is 210 g/mol. The van der Waals surface area contributed by atoms with Crippen molar-refractivity contribution in [3.05, 3.63) is 47.5 Å². The first-order valence-electron chi connectivity index (χ1n) is 5.06. The molecule has 1 unspecified atom stereocenters. The lowest BCUT2D eigenvalue weighted by molar-refractivity contribution is 0.515. The Morgan fingerprint density at radius 1 is 1.38 bits per heavy atom. The number of halogens is 2. The van der Waals surface area contributed by atoms with Crippen LogP contribution >= 0.6 is 0 Å². The summed E-state index contributed by atoms with van der Waals surface area (Å²) in [4.78, 5) is 0. The number of benzene rings is 1. The van der Waals surface area contributed by atoms with Gasteiger partial charge in [-0.25, -0.2) is 8.78 Å². The lowest BCUT2D eigenvalue weighted by atomic mass is 10.0. The van der Waals surface area contributed by atoms with Gasteiger partial charge in [0.2, 0.25) is 0 Å². The highest BCUT2D eigenvalue weighted by atomic mass is 19.1. The molecule has 0 aliphatic carbocycles. The van der Waals surface area contributed by atoms with Gasteiger partial charge in [-0.15, -0.1) is 6.58 Å². The van der Waals surface area contributed by atoms with Gasteiger partial charge in [-0.3, -0.25) is 11.3 Å². The number of hydrogen-bond acceptors (Lipinski definition) is 2.